The predicted molar refractivity (Wildman–Crippen MR) is 90.3 cm³/mol. The molecule has 2 nitrogen and oxygen atoms in total. The highest BCUT2D eigenvalue weighted by Gasteiger charge is 2.08. The fourth-order valence-electron chi connectivity index (χ4n) is 2.90. The minimum absolute atomic E-state index is 0.741. The van der Waals surface area contributed by atoms with Crippen LogP contribution < -0.4 is 4.74 Å². The van der Waals surface area contributed by atoms with Crippen LogP contribution in [0.2, 0.25) is 5.02 Å². The first-order valence-electron chi connectivity index (χ1n) is 8.45. The third kappa shape index (κ3) is 7.19. The zero-order valence-electron chi connectivity index (χ0n) is 13.0. The Labute approximate surface area is 134 Å². The zero-order valence-corrected chi connectivity index (χ0v) is 13.8. The van der Waals surface area contributed by atoms with E-state index < -0.39 is 0 Å². The second kappa shape index (κ2) is 10.1. The Morgan fingerprint density at radius 1 is 0.952 bits per heavy atom. The van der Waals surface area contributed by atoms with Gasteiger partial charge in [0.15, 0.2) is 0 Å². The summed E-state index contributed by atoms with van der Waals surface area (Å²) in [5, 5.41) is 0.741. The molecule has 118 valence electrons. The molecular weight excluding hydrogens is 282 g/mol. The molecule has 0 atom stereocenters. The fraction of sp³-hybridized carbons (Fsp3) is 0.667. The molecular formula is C18H28ClNO. The van der Waals surface area contributed by atoms with Crippen LogP contribution in [0, 0.1) is 0 Å². The van der Waals surface area contributed by atoms with Crippen LogP contribution in [-0.4, -0.2) is 31.1 Å². The van der Waals surface area contributed by atoms with Crippen LogP contribution in [0.4, 0.5) is 0 Å². The molecule has 1 aliphatic rings. The molecule has 0 aliphatic carbocycles. The Morgan fingerprint density at radius 3 is 2.52 bits per heavy atom. The lowest BCUT2D eigenvalue weighted by atomic mass is 10.1. The van der Waals surface area contributed by atoms with E-state index in [-0.39, 0.29) is 0 Å². The molecule has 0 radical (unpaired) electrons. The Bertz CT molecular complexity index is 391. The summed E-state index contributed by atoms with van der Waals surface area (Å²) in [7, 11) is 0. The van der Waals surface area contributed by atoms with Gasteiger partial charge >= 0.3 is 0 Å². The smallest absolute Gasteiger partial charge is 0.120 e. The van der Waals surface area contributed by atoms with Crippen LogP contribution >= 0.6 is 11.6 Å². The molecule has 1 saturated heterocycles. The number of unbranched alkanes of at least 4 members (excludes halogenated alkanes) is 4. The molecule has 2 rings (SSSR count). The Hall–Kier alpha value is -0.730. The minimum atomic E-state index is 0.741. The summed E-state index contributed by atoms with van der Waals surface area (Å²) in [5.41, 5.74) is 0. The number of rotatable bonds is 9. The van der Waals surface area contributed by atoms with Crippen molar-refractivity contribution in [1.29, 1.82) is 0 Å². The van der Waals surface area contributed by atoms with Crippen molar-refractivity contribution in [2.75, 3.05) is 26.2 Å². The highest BCUT2D eigenvalue weighted by molar-refractivity contribution is 6.30. The van der Waals surface area contributed by atoms with Gasteiger partial charge < -0.3 is 9.64 Å². The Balaban J connectivity index is 1.41. The lowest BCUT2D eigenvalue weighted by molar-refractivity contribution is 0.223. The highest BCUT2D eigenvalue weighted by Crippen LogP contribution is 2.17. The van der Waals surface area contributed by atoms with Crippen molar-refractivity contribution < 1.29 is 4.74 Å². The van der Waals surface area contributed by atoms with Crippen LogP contribution in [0.15, 0.2) is 24.3 Å². The van der Waals surface area contributed by atoms with Crippen LogP contribution in [0.25, 0.3) is 0 Å². The summed E-state index contributed by atoms with van der Waals surface area (Å²) in [4.78, 5) is 2.63. The normalized spacial score (nSPS) is 16.0. The molecule has 0 spiro atoms. The van der Waals surface area contributed by atoms with Gasteiger partial charge in [-0.1, -0.05) is 43.4 Å². The van der Waals surface area contributed by atoms with Crippen molar-refractivity contribution in [3.8, 4) is 5.75 Å². The van der Waals surface area contributed by atoms with E-state index in [4.69, 9.17) is 16.3 Å². The zero-order chi connectivity index (χ0) is 14.8. The summed E-state index contributed by atoms with van der Waals surface area (Å²) in [5.74, 6) is 0.882. The summed E-state index contributed by atoms with van der Waals surface area (Å²) >= 11 is 5.92. The van der Waals surface area contributed by atoms with E-state index in [0.717, 1.165) is 23.8 Å². The number of piperidine rings is 1. The van der Waals surface area contributed by atoms with Crippen LogP contribution in [0.3, 0.4) is 0 Å². The molecule has 21 heavy (non-hydrogen) atoms. The van der Waals surface area contributed by atoms with Gasteiger partial charge in [-0.3, -0.25) is 0 Å². The summed E-state index contributed by atoms with van der Waals surface area (Å²) in [6, 6.07) is 7.64. The average molecular weight is 310 g/mol. The van der Waals surface area contributed by atoms with E-state index in [0.29, 0.717) is 0 Å². The van der Waals surface area contributed by atoms with Crippen LogP contribution in [0.1, 0.15) is 51.4 Å². The van der Waals surface area contributed by atoms with Crippen molar-refractivity contribution in [3.63, 3.8) is 0 Å². The highest BCUT2D eigenvalue weighted by atomic mass is 35.5. The van der Waals surface area contributed by atoms with E-state index in [9.17, 15) is 0 Å². The SMILES string of the molecule is Clc1cccc(OCCCCCCCN2CCCCC2)c1. The van der Waals surface area contributed by atoms with Crippen LogP contribution in [0.5, 0.6) is 5.75 Å². The maximum atomic E-state index is 5.92. The molecule has 0 bridgehead atoms. The van der Waals surface area contributed by atoms with Gasteiger partial charge in [-0.25, -0.2) is 0 Å². The van der Waals surface area contributed by atoms with E-state index >= 15 is 0 Å². The standard InChI is InChI=1S/C18H28ClNO/c19-17-10-9-11-18(16-17)21-15-8-3-1-2-5-12-20-13-6-4-7-14-20/h9-11,16H,1-8,12-15H2. The first-order valence-corrected chi connectivity index (χ1v) is 8.83. The van der Waals surface area contributed by atoms with Gasteiger partial charge in [0, 0.05) is 5.02 Å². The first kappa shape index (κ1) is 16.6. The van der Waals surface area contributed by atoms with Gasteiger partial charge in [0.2, 0.25) is 0 Å². The molecule has 0 aromatic heterocycles. The third-order valence-electron chi connectivity index (χ3n) is 4.13. The van der Waals surface area contributed by atoms with E-state index in [2.05, 4.69) is 4.90 Å². The number of hydrogen-bond donors (Lipinski definition) is 0. The topological polar surface area (TPSA) is 12.5 Å². The van der Waals surface area contributed by atoms with Gasteiger partial charge in [0.05, 0.1) is 6.61 Å². The number of hydrogen-bond acceptors (Lipinski definition) is 2. The van der Waals surface area contributed by atoms with Crippen molar-refractivity contribution in [2.45, 2.75) is 51.4 Å². The maximum absolute atomic E-state index is 5.92. The molecule has 3 heteroatoms. The van der Waals surface area contributed by atoms with E-state index in [1.165, 1.54) is 64.6 Å². The van der Waals surface area contributed by atoms with Crippen molar-refractivity contribution in [1.82, 2.24) is 4.90 Å². The van der Waals surface area contributed by atoms with Gasteiger partial charge in [0.1, 0.15) is 5.75 Å². The maximum Gasteiger partial charge on any atom is 0.120 e. The first-order chi connectivity index (χ1) is 10.3. The number of ether oxygens (including phenoxy) is 1. The van der Waals surface area contributed by atoms with Gasteiger partial charge in [-0.05, 0) is 63.5 Å². The molecule has 1 heterocycles. The Kier molecular flexibility index (Phi) is 7.98. The van der Waals surface area contributed by atoms with Crippen molar-refractivity contribution >= 4 is 11.6 Å². The number of likely N-dealkylation sites (tertiary alicyclic amines) is 1. The molecule has 0 unspecified atom stereocenters. The second-order valence-corrected chi connectivity index (χ2v) is 6.41. The molecule has 0 N–H and O–H groups in total. The molecule has 1 fully saturated rings. The summed E-state index contributed by atoms with van der Waals surface area (Å²) in [6.45, 7) is 4.76. The van der Waals surface area contributed by atoms with Gasteiger partial charge in [-0.2, -0.15) is 0 Å². The lowest BCUT2D eigenvalue weighted by Gasteiger charge is -2.26. The summed E-state index contributed by atoms with van der Waals surface area (Å²) < 4.78 is 5.70. The number of halogens is 1. The summed E-state index contributed by atoms with van der Waals surface area (Å²) in [6.07, 6.45) is 10.7. The minimum Gasteiger partial charge on any atom is -0.494 e. The number of benzene rings is 1. The number of nitrogens with zero attached hydrogens (tertiary/aromatic N) is 1. The van der Waals surface area contributed by atoms with Gasteiger partial charge in [0.25, 0.3) is 0 Å². The van der Waals surface area contributed by atoms with E-state index in [1.807, 2.05) is 24.3 Å². The molecule has 1 aliphatic heterocycles. The van der Waals surface area contributed by atoms with Crippen molar-refractivity contribution in [2.24, 2.45) is 0 Å². The Morgan fingerprint density at radius 2 is 1.71 bits per heavy atom. The molecule has 0 saturated carbocycles. The lowest BCUT2D eigenvalue weighted by Crippen LogP contribution is -2.30. The third-order valence-corrected chi connectivity index (χ3v) is 4.37. The quantitative estimate of drug-likeness (QED) is 0.584. The molecule has 0 amide bonds. The van der Waals surface area contributed by atoms with Gasteiger partial charge in [-0.15, -0.1) is 0 Å². The van der Waals surface area contributed by atoms with Crippen molar-refractivity contribution in [3.05, 3.63) is 29.3 Å². The largest absolute Gasteiger partial charge is 0.494 e. The fourth-order valence-corrected chi connectivity index (χ4v) is 3.08. The molecule has 1 aromatic rings. The van der Waals surface area contributed by atoms with Crippen LogP contribution in [-0.2, 0) is 0 Å². The second-order valence-electron chi connectivity index (χ2n) is 5.98. The van der Waals surface area contributed by atoms with E-state index in [1.54, 1.807) is 0 Å². The predicted octanol–water partition coefficient (Wildman–Crippen LogP) is 5.16. The monoisotopic (exact) mass is 309 g/mol. The average Bonchev–Trinajstić information content (AvgIpc) is 2.51. The molecule has 1 aromatic carbocycles.